The van der Waals surface area contributed by atoms with Gasteiger partial charge in [-0.3, -0.25) is 9.89 Å². The Morgan fingerprint density at radius 1 is 0.968 bits per heavy atom. The van der Waals surface area contributed by atoms with Crippen LogP contribution in [0.2, 0.25) is 0 Å². The van der Waals surface area contributed by atoms with Crippen molar-refractivity contribution in [2.75, 3.05) is 16.7 Å². The van der Waals surface area contributed by atoms with Crippen molar-refractivity contribution in [1.29, 1.82) is 0 Å². The molecule has 31 heavy (non-hydrogen) atoms. The number of hydrogen-bond acceptors (Lipinski definition) is 6. The van der Waals surface area contributed by atoms with Crippen LogP contribution in [0.1, 0.15) is 10.5 Å². The Balaban J connectivity index is 1.47. The van der Waals surface area contributed by atoms with Crippen LogP contribution in [-0.2, 0) is 10.0 Å². The van der Waals surface area contributed by atoms with Crippen molar-refractivity contribution < 1.29 is 13.2 Å². The predicted octanol–water partition coefficient (Wildman–Crippen LogP) is 2.94. The molecule has 2 N–H and O–H groups in total. The third-order valence-corrected chi connectivity index (χ3v) is 6.25. The first-order valence-corrected chi connectivity index (χ1v) is 10.7. The lowest BCUT2D eigenvalue weighted by atomic mass is 10.1. The first kappa shape index (κ1) is 20.2. The molecular weight excluding hydrogens is 416 g/mol. The van der Waals surface area contributed by atoms with E-state index in [2.05, 4.69) is 25.5 Å². The molecule has 9 nitrogen and oxygen atoms in total. The molecule has 0 spiro atoms. The molecule has 2 aromatic heterocycles. The number of carbonyl (C=O) groups excluding carboxylic acids is 1. The van der Waals surface area contributed by atoms with Crippen molar-refractivity contribution in [1.82, 2.24) is 20.2 Å². The van der Waals surface area contributed by atoms with Crippen LogP contribution in [0.3, 0.4) is 0 Å². The Bertz CT molecular complexity index is 1290. The molecule has 0 unspecified atom stereocenters. The van der Waals surface area contributed by atoms with Gasteiger partial charge in [0.1, 0.15) is 5.69 Å². The maximum Gasteiger partial charge on any atom is 0.273 e. The molecule has 1 amide bonds. The summed E-state index contributed by atoms with van der Waals surface area (Å²) in [6.45, 7) is 0. The minimum atomic E-state index is -3.84. The third kappa shape index (κ3) is 4.28. The summed E-state index contributed by atoms with van der Waals surface area (Å²) in [5, 5.41) is 9.60. The summed E-state index contributed by atoms with van der Waals surface area (Å²) >= 11 is 0. The molecule has 10 heteroatoms. The van der Waals surface area contributed by atoms with Crippen LogP contribution in [-0.4, -0.2) is 41.5 Å². The Kier molecular flexibility index (Phi) is 5.46. The molecule has 0 saturated carbocycles. The Morgan fingerprint density at radius 3 is 2.32 bits per heavy atom. The number of aromatic amines is 1. The number of sulfonamides is 1. The molecular formula is C21H18N6O3S. The topological polar surface area (TPSA) is 121 Å². The summed E-state index contributed by atoms with van der Waals surface area (Å²) < 4.78 is 26.5. The largest absolute Gasteiger partial charge is 0.321 e. The molecule has 156 valence electrons. The first-order chi connectivity index (χ1) is 14.9. The number of amides is 1. The van der Waals surface area contributed by atoms with Gasteiger partial charge in [-0.05, 0) is 36.4 Å². The van der Waals surface area contributed by atoms with E-state index in [0.717, 1.165) is 9.87 Å². The van der Waals surface area contributed by atoms with Gasteiger partial charge in [0, 0.05) is 30.7 Å². The number of H-pyrrole nitrogens is 1. The maximum atomic E-state index is 12.8. The highest BCUT2D eigenvalue weighted by Gasteiger charge is 2.23. The summed E-state index contributed by atoms with van der Waals surface area (Å²) in [5.41, 5.74) is 2.27. The lowest BCUT2D eigenvalue weighted by Gasteiger charge is -2.17. The van der Waals surface area contributed by atoms with Crippen molar-refractivity contribution >= 4 is 27.6 Å². The van der Waals surface area contributed by atoms with Gasteiger partial charge >= 0.3 is 0 Å². The van der Waals surface area contributed by atoms with Gasteiger partial charge in [0.25, 0.3) is 15.9 Å². The average molecular weight is 434 g/mol. The summed E-state index contributed by atoms with van der Waals surface area (Å²) in [4.78, 5) is 20.5. The molecule has 0 radical (unpaired) electrons. The molecule has 0 saturated heterocycles. The number of anilines is 2. The van der Waals surface area contributed by atoms with Crippen molar-refractivity contribution in [2.45, 2.75) is 4.90 Å². The molecule has 4 rings (SSSR count). The highest BCUT2D eigenvalue weighted by atomic mass is 32.2. The van der Waals surface area contributed by atoms with Crippen molar-refractivity contribution in [3.8, 4) is 11.3 Å². The van der Waals surface area contributed by atoms with Gasteiger partial charge in [-0.2, -0.15) is 5.10 Å². The van der Waals surface area contributed by atoms with E-state index in [1.54, 1.807) is 12.1 Å². The number of nitrogens with zero attached hydrogens (tertiary/aromatic N) is 4. The number of benzene rings is 2. The standard InChI is InChI=1S/C21H18N6O3S/c1-27(21-22-12-5-13-23-21)31(29,30)17-10-8-16(9-11-17)24-20(28)19-14-18(25-26-19)15-6-3-2-4-7-15/h2-14H,1H3,(H,24,28)(H,25,26). The van der Waals surface area contributed by atoms with Gasteiger partial charge in [0.15, 0.2) is 0 Å². The molecule has 0 aliphatic heterocycles. The van der Waals surface area contributed by atoms with Gasteiger partial charge < -0.3 is 5.32 Å². The highest BCUT2D eigenvalue weighted by Crippen LogP contribution is 2.21. The minimum absolute atomic E-state index is 0.0494. The van der Waals surface area contributed by atoms with Gasteiger partial charge in [0.2, 0.25) is 5.95 Å². The smallest absolute Gasteiger partial charge is 0.273 e. The van der Waals surface area contributed by atoms with Crippen LogP contribution < -0.4 is 9.62 Å². The molecule has 0 aliphatic rings. The van der Waals surface area contributed by atoms with E-state index < -0.39 is 10.0 Å². The second-order valence-electron chi connectivity index (χ2n) is 6.53. The number of nitrogens with one attached hydrogen (secondary N) is 2. The van der Waals surface area contributed by atoms with Crippen LogP contribution >= 0.6 is 0 Å². The highest BCUT2D eigenvalue weighted by molar-refractivity contribution is 7.92. The fraction of sp³-hybridized carbons (Fsp3) is 0.0476. The molecule has 2 aromatic carbocycles. The fourth-order valence-electron chi connectivity index (χ4n) is 2.82. The van der Waals surface area contributed by atoms with Gasteiger partial charge in [-0.1, -0.05) is 30.3 Å². The maximum absolute atomic E-state index is 12.8. The van der Waals surface area contributed by atoms with Crippen molar-refractivity contribution in [2.24, 2.45) is 0 Å². The summed E-state index contributed by atoms with van der Waals surface area (Å²) in [6.07, 6.45) is 2.93. The lowest BCUT2D eigenvalue weighted by Crippen LogP contribution is -2.28. The summed E-state index contributed by atoms with van der Waals surface area (Å²) in [6, 6.07) is 18.6. The zero-order chi connectivity index (χ0) is 21.8. The van der Waals surface area contributed by atoms with Gasteiger partial charge in [-0.25, -0.2) is 22.7 Å². The van der Waals surface area contributed by atoms with Crippen LogP contribution in [0.5, 0.6) is 0 Å². The zero-order valence-electron chi connectivity index (χ0n) is 16.4. The SMILES string of the molecule is CN(c1ncccn1)S(=O)(=O)c1ccc(NC(=O)c2cc(-c3ccccc3)n[nH]2)cc1. The Morgan fingerprint density at radius 2 is 1.65 bits per heavy atom. The third-order valence-electron chi connectivity index (χ3n) is 4.50. The summed E-state index contributed by atoms with van der Waals surface area (Å²) in [5.74, 6) is -0.326. The second kappa shape index (κ2) is 8.36. The van der Waals surface area contributed by atoms with Crippen LogP contribution in [0, 0.1) is 0 Å². The van der Waals surface area contributed by atoms with Crippen molar-refractivity contribution in [3.63, 3.8) is 0 Å². The van der Waals surface area contributed by atoms with Gasteiger partial charge in [-0.15, -0.1) is 0 Å². The number of aromatic nitrogens is 4. The van der Waals surface area contributed by atoms with E-state index >= 15 is 0 Å². The van der Waals surface area contributed by atoms with E-state index in [-0.39, 0.29) is 22.4 Å². The first-order valence-electron chi connectivity index (χ1n) is 9.23. The molecule has 4 aromatic rings. The van der Waals surface area contributed by atoms with Crippen LogP contribution in [0.25, 0.3) is 11.3 Å². The summed E-state index contributed by atoms with van der Waals surface area (Å²) in [7, 11) is -2.46. The fourth-order valence-corrected chi connectivity index (χ4v) is 3.93. The van der Waals surface area contributed by atoms with E-state index in [4.69, 9.17) is 0 Å². The van der Waals surface area contributed by atoms with E-state index in [1.807, 2.05) is 30.3 Å². The van der Waals surface area contributed by atoms with E-state index in [1.165, 1.54) is 43.7 Å². The monoisotopic (exact) mass is 434 g/mol. The van der Waals surface area contributed by atoms with Crippen LogP contribution in [0.4, 0.5) is 11.6 Å². The molecule has 0 aliphatic carbocycles. The minimum Gasteiger partial charge on any atom is -0.321 e. The van der Waals surface area contributed by atoms with E-state index in [0.29, 0.717) is 11.4 Å². The lowest BCUT2D eigenvalue weighted by molar-refractivity contribution is 0.102. The van der Waals surface area contributed by atoms with E-state index in [9.17, 15) is 13.2 Å². The zero-order valence-corrected chi connectivity index (χ0v) is 17.2. The Hall–Kier alpha value is -4.05. The molecule has 0 bridgehead atoms. The second-order valence-corrected chi connectivity index (χ2v) is 8.50. The predicted molar refractivity (Wildman–Crippen MR) is 116 cm³/mol. The molecule has 0 atom stereocenters. The number of hydrogen-bond donors (Lipinski definition) is 2. The quantitative estimate of drug-likeness (QED) is 0.481. The average Bonchev–Trinajstić information content (AvgIpc) is 3.31. The normalized spacial score (nSPS) is 11.1. The Labute approximate surface area is 178 Å². The molecule has 0 fully saturated rings. The number of carbonyl (C=O) groups is 1. The van der Waals surface area contributed by atoms with Crippen molar-refractivity contribution in [3.05, 3.63) is 84.8 Å². The van der Waals surface area contributed by atoms with Crippen LogP contribution in [0.15, 0.2) is 84.0 Å². The number of rotatable bonds is 6. The van der Waals surface area contributed by atoms with Gasteiger partial charge in [0.05, 0.1) is 10.6 Å². The molecule has 2 heterocycles.